The van der Waals surface area contributed by atoms with Gasteiger partial charge in [-0.2, -0.15) is 0 Å². The van der Waals surface area contributed by atoms with Crippen LogP contribution in [0.15, 0.2) is 42.6 Å². The Morgan fingerprint density at radius 3 is 2.45 bits per heavy atom. The van der Waals surface area contributed by atoms with Gasteiger partial charge in [0.05, 0.1) is 32.4 Å². The van der Waals surface area contributed by atoms with E-state index in [1.54, 1.807) is 42.6 Å². The first-order valence-corrected chi connectivity index (χ1v) is 11.6. The second kappa shape index (κ2) is 10.4. The molecule has 3 aromatic rings. The van der Waals surface area contributed by atoms with Gasteiger partial charge in [0.25, 0.3) is 0 Å². The van der Waals surface area contributed by atoms with Gasteiger partial charge in [0.2, 0.25) is 21.7 Å². The van der Waals surface area contributed by atoms with E-state index in [0.29, 0.717) is 28.7 Å². The van der Waals surface area contributed by atoms with Crippen molar-refractivity contribution in [3.05, 3.63) is 48.4 Å². The number of benzene rings is 1. The van der Waals surface area contributed by atoms with E-state index in [4.69, 9.17) is 14.3 Å². The molecule has 12 nitrogen and oxygen atoms in total. The monoisotopic (exact) mass is 476 g/mol. The van der Waals surface area contributed by atoms with Gasteiger partial charge in [-0.05, 0) is 30.3 Å². The molecule has 0 saturated carbocycles. The van der Waals surface area contributed by atoms with Gasteiger partial charge in [-0.15, -0.1) is 5.10 Å². The molecule has 0 radical (unpaired) electrons. The quantitative estimate of drug-likeness (QED) is 0.334. The first kappa shape index (κ1) is 24.1. The third kappa shape index (κ3) is 6.25. The molecule has 1 amide bonds. The number of hydroxylamine groups is 2. The summed E-state index contributed by atoms with van der Waals surface area (Å²) in [7, 11) is 1.07. The van der Waals surface area contributed by atoms with E-state index in [9.17, 15) is 13.2 Å². The highest BCUT2D eigenvalue weighted by atomic mass is 32.2. The van der Waals surface area contributed by atoms with Crippen molar-refractivity contribution >= 4 is 15.9 Å². The molecule has 0 fully saturated rings. The summed E-state index contributed by atoms with van der Waals surface area (Å²) >= 11 is 0. The average Bonchev–Trinajstić information content (AvgIpc) is 3.26. The molecule has 0 unspecified atom stereocenters. The number of hydrogen-bond acceptors (Lipinski definition) is 9. The maximum Gasteiger partial charge on any atom is 0.316 e. The van der Waals surface area contributed by atoms with Crippen molar-refractivity contribution in [2.45, 2.75) is 0 Å². The summed E-state index contributed by atoms with van der Waals surface area (Å²) in [6.45, 7) is 0.319. The van der Waals surface area contributed by atoms with Crippen molar-refractivity contribution < 1.29 is 27.5 Å². The highest BCUT2D eigenvalue weighted by molar-refractivity contribution is 7.88. The van der Waals surface area contributed by atoms with Crippen LogP contribution < -0.4 is 14.2 Å². The summed E-state index contributed by atoms with van der Waals surface area (Å²) in [6, 6.07) is 10.3. The SMILES string of the molecule is COc1ccc(-n2nc(C(=O)N(C)OC)nc2-c2ccc(OCCNS(C)(=O)=O)cc2)cn1. The molecule has 0 saturated heterocycles. The number of aromatic nitrogens is 4. The molecular formula is C20H24N6O6S. The van der Waals surface area contributed by atoms with Crippen LogP contribution in [-0.2, 0) is 14.9 Å². The van der Waals surface area contributed by atoms with Crippen LogP contribution in [0.1, 0.15) is 10.6 Å². The average molecular weight is 477 g/mol. The Kier molecular flexibility index (Phi) is 7.58. The van der Waals surface area contributed by atoms with Gasteiger partial charge < -0.3 is 9.47 Å². The molecule has 0 spiro atoms. The largest absolute Gasteiger partial charge is 0.492 e. The van der Waals surface area contributed by atoms with Crippen molar-refractivity contribution in [2.24, 2.45) is 0 Å². The van der Waals surface area contributed by atoms with Crippen LogP contribution in [0, 0.1) is 0 Å². The van der Waals surface area contributed by atoms with Gasteiger partial charge >= 0.3 is 5.91 Å². The number of ether oxygens (including phenoxy) is 2. The maximum atomic E-state index is 12.5. The molecule has 13 heteroatoms. The lowest BCUT2D eigenvalue weighted by atomic mass is 10.2. The van der Waals surface area contributed by atoms with Crippen molar-refractivity contribution in [3.8, 4) is 28.7 Å². The molecule has 0 aliphatic carbocycles. The lowest BCUT2D eigenvalue weighted by Crippen LogP contribution is -2.26. The number of sulfonamides is 1. The lowest BCUT2D eigenvalue weighted by molar-refractivity contribution is -0.0764. The number of hydrogen-bond donors (Lipinski definition) is 1. The van der Waals surface area contributed by atoms with Gasteiger partial charge in [-0.1, -0.05) is 0 Å². The lowest BCUT2D eigenvalue weighted by Gasteiger charge is -2.10. The van der Waals surface area contributed by atoms with Gasteiger partial charge in [-0.3, -0.25) is 9.63 Å². The van der Waals surface area contributed by atoms with Crippen LogP contribution >= 0.6 is 0 Å². The Morgan fingerprint density at radius 1 is 1.15 bits per heavy atom. The molecule has 2 heterocycles. The van der Waals surface area contributed by atoms with E-state index in [-0.39, 0.29) is 19.0 Å². The van der Waals surface area contributed by atoms with Crippen LogP contribution in [-0.4, -0.2) is 79.8 Å². The molecule has 0 bridgehead atoms. The Labute approximate surface area is 191 Å². The predicted octanol–water partition coefficient (Wildman–Crippen LogP) is 0.899. The summed E-state index contributed by atoms with van der Waals surface area (Å²) in [5, 5.41) is 5.37. The normalized spacial score (nSPS) is 11.3. The first-order chi connectivity index (χ1) is 15.7. The fourth-order valence-corrected chi connectivity index (χ4v) is 3.16. The van der Waals surface area contributed by atoms with E-state index in [0.717, 1.165) is 11.3 Å². The summed E-state index contributed by atoms with van der Waals surface area (Å²) in [5.41, 5.74) is 1.24. The molecule has 0 aliphatic rings. The number of carbonyl (C=O) groups excluding carboxylic acids is 1. The van der Waals surface area contributed by atoms with E-state index in [1.807, 2.05) is 0 Å². The van der Waals surface area contributed by atoms with Crippen LogP contribution in [0.4, 0.5) is 0 Å². The second-order valence-corrected chi connectivity index (χ2v) is 8.59. The first-order valence-electron chi connectivity index (χ1n) is 9.69. The highest BCUT2D eigenvalue weighted by Gasteiger charge is 2.22. The zero-order chi connectivity index (χ0) is 24.0. The summed E-state index contributed by atoms with van der Waals surface area (Å²) in [4.78, 5) is 26.1. The summed E-state index contributed by atoms with van der Waals surface area (Å²) in [5.74, 6) is 0.805. The maximum absolute atomic E-state index is 12.5. The molecule has 33 heavy (non-hydrogen) atoms. The van der Waals surface area contributed by atoms with E-state index in [1.165, 1.54) is 25.9 Å². The third-order valence-corrected chi connectivity index (χ3v) is 5.11. The highest BCUT2D eigenvalue weighted by Crippen LogP contribution is 2.24. The minimum Gasteiger partial charge on any atom is -0.492 e. The van der Waals surface area contributed by atoms with Crippen molar-refractivity contribution in [3.63, 3.8) is 0 Å². The fraction of sp³-hybridized carbons (Fsp3) is 0.300. The minimum absolute atomic E-state index is 0.0580. The van der Waals surface area contributed by atoms with E-state index < -0.39 is 15.9 Å². The molecule has 1 N–H and O–H groups in total. The number of nitrogens with zero attached hydrogens (tertiary/aromatic N) is 5. The number of rotatable bonds is 10. The number of pyridine rings is 1. The van der Waals surface area contributed by atoms with E-state index in [2.05, 4.69) is 19.8 Å². The third-order valence-electron chi connectivity index (χ3n) is 4.38. The fourth-order valence-electron chi connectivity index (χ4n) is 2.71. The van der Waals surface area contributed by atoms with Crippen LogP contribution in [0.25, 0.3) is 17.1 Å². The zero-order valence-electron chi connectivity index (χ0n) is 18.5. The summed E-state index contributed by atoms with van der Waals surface area (Å²) in [6.07, 6.45) is 2.64. The smallest absolute Gasteiger partial charge is 0.316 e. The molecule has 1 aromatic carbocycles. The van der Waals surface area contributed by atoms with Crippen molar-refractivity contribution in [1.29, 1.82) is 0 Å². The minimum atomic E-state index is -3.27. The number of methoxy groups -OCH3 is 1. The van der Waals surface area contributed by atoms with Gasteiger partial charge in [0.15, 0.2) is 5.82 Å². The Hall–Kier alpha value is -3.55. The van der Waals surface area contributed by atoms with Crippen molar-refractivity contribution in [2.75, 3.05) is 40.7 Å². The Bertz CT molecular complexity index is 1190. The van der Waals surface area contributed by atoms with Gasteiger partial charge in [-0.25, -0.2) is 32.9 Å². The van der Waals surface area contributed by atoms with E-state index >= 15 is 0 Å². The number of carbonyl (C=O) groups is 1. The summed E-state index contributed by atoms with van der Waals surface area (Å²) < 4.78 is 36.7. The predicted molar refractivity (Wildman–Crippen MR) is 119 cm³/mol. The standard InChI is InChI=1S/C20H24N6O6S/c1-25(31-3)20(27)18-23-19(26(24-18)15-7-10-17(30-2)21-13-15)14-5-8-16(9-6-14)32-12-11-22-33(4,28)29/h5-10,13,22H,11-12H2,1-4H3. The van der Waals surface area contributed by atoms with Crippen LogP contribution in [0.5, 0.6) is 11.6 Å². The molecule has 0 aliphatic heterocycles. The number of nitrogens with one attached hydrogen (secondary N) is 1. The topological polar surface area (TPSA) is 138 Å². The van der Waals surface area contributed by atoms with Crippen LogP contribution in [0.2, 0.25) is 0 Å². The second-order valence-electron chi connectivity index (χ2n) is 6.75. The Morgan fingerprint density at radius 2 is 1.88 bits per heavy atom. The molecule has 176 valence electrons. The molecule has 3 rings (SSSR count). The van der Waals surface area contributed by atoms with Gasteiger partial charge in [0.1, 0.15) is 12.4 Å². The Balaban J connectivity index is 1.88. The molecule has 2 aromatic heterocycles. The molecule has 0 atom stereocenters. The van der Waals surface area contributed by atoms with Crippen molar-refractivity contribution in [1.82, 2.24) is 29.5 Å². The van der Waals surface area contributed by atoms with Gasteiger partial charge in [0, 0.05) is 25.2 Å². The van der Waals surface area contributed by atoms with Crippen LogP contribution in [0.3, 0.4) is 0 Å². The molecular weight excluding hydrogens is 452 g/mol. The zero-order valence-corrected chi connectivity index (χ0v) is 19.4. The number of amides is 1.